The van der Waals surface area contributed by atoms with Gasteiger partial charge in [-0.15, -0.1) is 4.59 Å². The van der Waals surface area contributed by atoms with Gasteiger partial charge < -0.3 is 0 Å². The van der Waals surface area contributed by atoms with Gasteiger partial charge in [0.25, 0.3) is 0 Å². The van der Waals surface area contributed by atoms with Crippen molar-refractivity contribution in [1.82, 2.24) is 4.90 Å². The lowest BCUT2D eigenvalue weighted by Gasteiger charge is -2.42. The van der Waals surface area contributed by atoms with Crippen LogP contribution < -0.4 is 0 Å². The van der Waals surface area contributed by atoms with E-state index in [4.69, 9.17) is 0 Å². The SMILES string of the molecule is Fc1cccc(C2=C[N+]3(CC34CN3CCC4CC3)N=N2)c1. The zero-order valence-corrected chi connectivity index (χ0v) is 11.9. The first-order valence-electron chi connectivity index (χ1n) is 7.73. The molecule has 4 fully saturated rings. The van der Waals surface area contributed by atoms with Crippen LogP contribution in [0.5, 0.6) is 0 Å². The second kappa shape index (κ2) is 3.78. The molecule has 0 aliphatic carbocycles. The Balaban J connectivity index is 1.50. The van der Waals surface area contributed by atoms with Gasteiger partial charge in [-0.2, -0.15) is 0 Å². The van der Waals surface area contributed by atoms with Gasteiger partial charge in [-0.25, -0.2) is 4.39 Å². The first-order valence-corrected chi connectivity index (χ1v) is 7.73. The normalized spacial score (nSPS) is 42.8. The molecule has 5 aliphatic heterocycles. The van der Waals surface area contributed by atoms with Crippen LogP contribution in [0, 0.1) is 11.7 Å². The molecule has 0 saturated carbocycles. The van der Waals surface area contributed by atoms with E-state index in [1.807, 2.05) is 6.07 Å². The predicted octanol–water partition coefficient (Wildman–Crippen LogP) is 2.80. The number of hydrogen-bond acceptors (Lipinski definition) is 3. The summed E-state index contributed by atoms with van der Waals surface area (Å²) in [6.45, 7) is 4.69. The van der Waals surface area contributed by atoms with Gasteiger partial charge in [-0.3, -0.25) is 4.90 Å². The van der Waals surface area contributed by atoms with Crippen molar-refractivity contribution in [3.63, 3.8) is 0 Å². The molecule has 21 heavy (non-hydrogen) atoms. The average Bonchev–Trinajstić information content (AvgIpc) is 2.89. The molecule has 0 aromatic heterocycles. The molecule has 2 unspecified atom stereocenters. The van der Waals surface area contributed by atoms with E-state index in [0.717, 1.165) is 30.3 Å². The Hall–Kier alpha value is -1.59. The summed E-state index contributed by atoms with van der Waals surface area (Å²) in [6, 6.07) is 6.64. The van der Waals surface area contributed by atoms with Crippen LogP contribution in [0.15, 0.2) is 40.8 Å². The van der Waals surface area contributed by atoms with Crippen molar-refractivity contribution in [3.8, 4) is 0 Å². The first-order chi connectivity index (χ1) is 10.2. The van der Waals surface area contributed by atoms with Gasteiger partial charge in [0.2, 0.25) is 0 Å². The summed E-state index contributed by atoms with van der Waals surface area (Å²) >= 11 is 0. The van der Waals surface area contributed by atoms with E-state index in [0.29, 0.717) is 4.59 Å². The molecule has 6 rings (SSSR count). The maximum absolute atomic E-state index is 13.4. The van der Waals surface area contributed by atoms with Crippen molar-refractivity contribution >= 4 is 5.70 Å². The fourth-order valence-corrected chi connectivity index (χ4v) is 4.60. The zero-order valence-electron chi connectivity index (χ0n) is 11.9. The highest BCUT2D eigenvalue weighted by Gasteiger charge is 2.78. The lowest BCUT2D eigenvalue weighted by Crippen LogP contribution is -2.56. The molecule has 0 amide bonds. The monoisotopic (exact) mass is 285 g/mol. The largest absolute Gasteiger partial charge is 0.297 e. The molecule has 4 nitrogen and oxygen atoms in total. The van der Waals surface area contributed by atoms with E-state index in [9.17, 15) is 4.39 Å². The van der Waals surface area contributed by atoms with E-state index in [-0.39, 0.29) is 11.4 Å². The smallest absolute Gasteiger partial charge is 0.197 e. The van der Waals surface area contributed by atoms with E-state index in [1.54, 1.807) is 12.1 Å². The standard InChI is InChI=1S/C16H18FN4/c17-14-3-1-2-12(8-14)15-9-21(19-18-15)11-16(21)10-20-6-4-13(16)5-7-20/h1-3,8-9,13H,4-7,10-11H2/q+1. The zero-order chi connectivity index (χ0) is 14.1. The lowest BCUT2D eigenvalue weighted by atomic mass is 9.78. The Morgan fingerprint density at radius 3 is 2.86 bits per heavy atom. The van der Waals surface area contributed by atoms with Crippen LogP contribution in [0.1, 0.15) is 18.4 Å². The summed E-state index contributed by atoms with van der Waals surface area (Å²) in [4.78, 5) is 2.57. The van der Waals surface area contributed by atoms with Crippen LogP contribution in [-0.4, -0.2) is 41.2 Å². The Morgan fingerprint density at radius 1 is 1.29 bits per heavy atom. The fourth-order valence-electron chi connectivity index (χ4n) is 4.60. The number of piperidine rings is 3. The Kier molecular flexibility index (Phi) is 2.16. The highest BCUT2D eigenvalue weighted by atomic mass is 19.1. The second-order valence-electron chi connectivity index (χ2n) is 6.85. The molecule has 2 bridgehead atoms. The molecule has 0 radical (unpaired) electrons. The Morgan fingerprint density at radius 2 is 2.14 bits per heavy atom. The Labute approximate surface area is 123 Å². The number of halogens is 1. The molecule has 4 saturated heterocycles. The van der Waals surface area contributed by atoms with Crippen molar-refractivity contribution in [1.29, 1.82) is 0 Å². The molecule has 5 aliphatic rings. The van der Waals surface area contributed by atoms with Gasteiger partial charge in [-0.1, -0.05) is 17.2 Å². The van der Waals surface area contributed by atoms with Crippen molar-refractivity contribution in [2.24, 2.45) is 16.3 Å². The number of rotatable bonds is 1. The number of quaternary nitrogens is 1. The molecule has 5 heteroatoms. The highest BCUT2D eigenvalue weighted by Crippen LogP contribution is 2.58. The predicted molar refractivity (Wildman–Crippen MR) is 76.3 cm³/mol. The first kappa shape index (κ1) is 12.0. The van der Waals surface area contributed by atoms with Crippen LogP contribution in [-0.2, 0) is 0 Å². The van der Waals surface area contributed by atoms with Crippen LogP contribution in [0.4, 0.5) is 4.39 Å². The minimum absolute atomic E-state index is 0.217. The van der Waals surface area contributed by atoms with Crippen molar-refractivity contribution in [2.75, 3.05) is 26.2 Å². The minimum Gasteiger partial charge on any atom is -0.297 e. The van der Waals surface area contributed by atoms with Crippen molar-refractivity contribution in [3.05, 3.63) is 41.8 Å². The number of nitrogens with zero attached hydrogens (tertiary/aromatic N) is 4. The molecule has 2 atom stereocenters. The topological polar surface area (TPSA) is 28.0 Å². The molecular weight excluding hydrogens is 267 g/mol. The van der Waals surface area contributed by atoms with Crippen LogP contribution in [0.2, 0.25) is 0 Å². The molecule has 2 spiro atoms. The summed E-state index contributed by atoms with van der Waals surface area (Å²) in [5.74, 6) is 0.551. The van der Waals surface area contributed by atoms with Gasteiger partial charge in [0.1, 0.15) is 5.82 Å². The second-order valence-corrected chi connectivity index (χ2v) is 6.85. The van der Waals surface area contributed by atoms with Crippen molar-refractivity contribution in [2.45, 2.75) is 18.4 Å². The number of benzene rings is 1. The fraction of sp³-hybridized carbons (Fsp3) is 0.500. The Bertz CT molecular complexity index is 677. The molecule has 108 valence electrons. The summed E-state index contributed by atoms with van der Waals surface area (Å²) < 4.78 is 14.0. The lowest BCUT2D eigenvalue weighted by molar-refractivity contribution is -0.789. The number of hydrogen-bond donors (Lipinski definition) is 0. The van der Waals surface area contributed by atoms with Gasteiger partial charge in [0.15, 0.2) is 24.0 Å². The summed E-state index contributed by atoms with van der Waals surface area (Å²) in [6.07, 6.45) is 4.73. The minimum atomic E-state index is -0.217. The number of fused-ring (bicyclic) bond motifs is 2. The van der Waals surface area contributed by atoms with E-state index >= 15 is 0 Å². The molecule has 5 heterocycles. The molecule has 0 N–H and O–H groups in total. The third-order valence-electron chi connectivity index (χ3n) is 5.80. The van der Waals surface area contributed by atoms with Gasteiger partial charge in [0, 0.05) is 16.7 Å². The molecular formula is C16H18FN4+. The van der Waals surface area contributed by atoms with Crippen LogP contribution >= 0.6 is 0 Å². The van der Waals surface area contributed by atoms with Crippen LogP contribution in [0.3, 0.4) is 0 Å². The van der Waals surface area contributed by atoms with Gasteiger partial charge >= 0.3 is 0 Å². The average molecular weight is 285 g/mol. The van der Waals surface area contributed by atoms with Crippen LogP contribution in [0.25, 0.3) is 5.70 Å². The summed E-state index contributed by atoms with van der Waals surface area (Å²) in [7, 11) is 0. The van der Waals surface area contributed by atoms with Gasteiger partial charge in [-0.05, 0) is 38.1 Å². The quantitative estimate of drug-likeness (QED) is 0.576. The molecule has 1 aromatic rings. The maximum atomic E-state index is 13.4. The highest BCUT2D eigenvalue weighted by molar-refractivity contribution is 5.64. The maximum Gasteiger partial charge on any atom is 0.197 e. The van der Waals surface area contributed by atoms with E-state index in [1.165, 1.54) is 32.0 Å². The third kappa shape index (κ3) is 1.50. The van der Waals surface area contributed by atoms with Gasteiger partial charge in [0.05, 0.1) is 6.54 Å². The van der Waals surface area contributed by atoms with E-state index < -0.39 is 0 Å². The molecule has 1 aromatic carbocycles. The third-order valence-corrected chi connectivity index (χ3v) is 5.80. The van der Waals surface area contributed by atoms with Crippen molar-refractivity contribution < 1.29 is 8.98 Å². The van der Waals surface area contributed by atoms with E-state index in [2.05, 4.69) is 21.4 Å². The summed E-state index contributed by atoms with van der Waals surface area (Å²) in [5.41, 5.74) is 1.91. The summed E-state index contributed by atoms with van der Waals surface area (Å²) in [5, 5.41) is 8.95.